The highest BCUT2D eigenvalue weighted by atomic mass is 16.1. The number of carbonyl (C=O) groups is 1. The van der Waals surface area contributed by atoms with Gasteiger partial charge in [0, 0.05) is 42.8 Å². The van der Waals surface area contributed by atoms with E-state index in [1.54, 1.807) is 0 Å². The van der Waals surface area contributed by atoms with E-state index in [0.717, 1.165) is 43.4 Å². The fraction of sp³-hybridized carbons (Fsp3) is 0.308. The van der Waals surface area contributed by atoms with Gasteiger partial charge in [-0.2, -0.15) is 0 Å². The Morgan fingerprint density at radius 1 is 1.18 bits per heavy atom. The second kappa shape index (κ2) is 4.22. The van der Waals surface area contributed by atoms with Crippen molar-refractivity contribution < 1.29 is 4.79 Å². The molecule has 1 fully saturated rings. The Bertz CT molecular complexity index is 541. The summed E-state index contributed by atoms with van der Waals surface area (Å²) in [6.07, 6.45) is 0.852. The molecule has 17 heavy (non-hydrogen) atoms. The molecule has 3 rings (SSSR count). The lowest BCUT2D eigenvalue weighted by Gasteiger charge is -2.29. The van der Waals surface area contributed by atoms with Crippen molar-refractivity contribution in [3.05, 3.63) is 30.0 Å². The Balaban J connectivity index is 1.97. The van der Waals surface area contributed by atoms with E-state index >= 15 is 0 Å². The van der Waals surface area contributed by atoms with Gasteiger partial charge in [0.2, 0.25) is 0 Å². The van der Waals surface area contributed by atoms with Crippen LogP contribution in [0.4, 0.5) is 5.69 Å². The van der Waals surface area contributed by atoms with E-state index in [2.05, 4.69) is 27.3 Å². The minimum absolute atomic E-state index is 0.637. The maximum Gasteiger partial charge on any atom is 0.166 e. The highest BCUT2D eigenvalue weighted by Gasteiger charge is 2.11. The summed E-state index contributed by atoms with van der Waals surface area (Å²) in [6.45, 7) is 4.14. The Kier molecular flexibility index (Phi) is 2.57. The van der Waals surface area contributed by atoms with Crippen molar-refractivity contribution in [3.63, 3.8) is 0 Å². The molecule has 0 spiro atoms. The molecule has 2 heterocycles. The highest BCUT2D eigenvalue weighted by Crippen LogP contribution is 2.22. The Labute approximate surface area is 99.6 Å². The zero-order chi connectivity index (χ0) is 11.7. The number of H-pyrrole nitrogens is 1. The van der Waals surface area contributed by atoms with Gasteiger partial charge in [0.15, 0.2) is 6.29 Å². The molecule has 0 saturated carbocycles. The minimum atomic E-state index is 0.637. The summed E-state index contributed by atoms with van der Waals surface area (Å²) >= 11 is 0. The van der Waals surface area contributed by atoms with Gasteiger partial charge in [-0.3, -0.25) is 4.79 Å². The fourth-order valence-electron chi connectivity index (χ4n) is 2.33. The molecule has 1 aliphatic heterocycles. The molecule has 4 heteroatoms. The SMILES string of the molecule is O=Cc1cc2cc(N3CCNCC3)ccc2[nH]1. The van der Waals surface area contributed by atoms with Crippen molar-refractivity contribution in [2.45, 2.75) is 0 Å². The number of carbonyl (C=O) groups excluding carboxylic acids is 1. The predicted octanol–water partition coefficient (Wildman–Crippen LogP) is 1.39. The first kappa shape index (κ1) is 10.4. The molecule has 88 valence electrons. The Hall–Kier alpha value is -1.81. The van der Waals surface area contributed by atoms with Crippen molar-refractivity contribution >= 4 is 22.9 Å². The van der Waals surface area contributed by atoms with Crippen LogP contribution in [0.15, 0.2) is 24.3 Å². The smallest absolute Gasteiger partial charge is 0.166 e. The number of benzene rings is 1. The lowest BCUT2D eigenvalue weighted by Crippen LogP contribution is -2.43. The molecule has 0 atom stereocenters. The monoisotopic (exact) mass is 229 g/mol. The normalized spacial score (nSPS) is 16.4. The van der Waals surface area contributed by atoms with Crippen molar-refractivity contribution in [1.82, 2.24) is 10.3 Å². The van der Waals surface area contributed by atoms with Crippen LogP contribution in [0.1, 0.15) is 10.5 Å². The molecule has 0 amide bonds. The van der Waals surface area contributed by atoms with Gasteiger partial charge in [0.1, 0.15) is 0 Å². The van der Waals surface area contributed by atoms with E-state index in [0.29, 0.717) is 5.69 Å². The average molecular weight is 229 g/mol. The van der Waals surface area contributed by atoms with Crippen LogP contribution in [-0.2, 0) is 0 Å². The second-order valence-electron chi connectivity index (χ2n) is 4.35. The van der Waals surface area contributed by atoms with E-state index in [1.165, 1.54) is 5.69 Å². The molecule has 1 aromatic heterocycles. The Morgan fingerprint density at radius 3 is 2.76 bits per heavy atom. The number of nitrogens with one attached hydrogen (secondary N) is 2. The van der Waals surface area contributed by atoms with Gasteiger partial charge in [-0.1, -0.05) is 0 Å². The van der Waals surface area contributed by atoms with Crippen LogP contribution in [0.25, 0.3) is 10.9 Å². The van der Waals surface area contributed by atoms with Gasteiger partial charge in [-0.05, 0) is 24.3 Å². The largest absolute Gasteiger partial charge is 0.369 e. The van der Waals surface area contributed by atoms with Gasteiger partial charge in [0.05, 0.1) is 5.69 Å². The lowest BCUT2D eigenvalue weighted by molar-refractivity contribution is 0.112. The molecule has 0 aliphatic carbocycles. The Morgan fingerprint density at radius 2 is 2.00 bits per heavy atom. The fourth-order valence-corrected chi connectivity index (χ4v) is 2.33. The molecule has 0 radical (unpaired) electrons. The molecular weight excluding hydrogens is 214 g/mol. The van der Waals surface area contributed by atoms with Crippen molar-refractivity contribution in [2.75, 3.05) is 31.1 Å². The molecule has 0 bridgehead atoms. The lowest BCUT2D eigenvalue weighted by atomic mass is 10.2. The molecule has 1 aliphatic rings. The van der Waals surface area contributed by atoms with E-state index in [9.17, 15) is 4.79 Å². The summed E-state index contributed by atoms with van der Waals surface area (Å²) < 4.78 is 0. The number of anilines is 1. The topological polar surface area (TPSA) is 48.1 Å². The predicted molar refractivity (Wildman–Crippen MR) is 68.8 cm³/mol. The summed E-state index contributed by atoms with van der Waals surface area (Å²) in [6, 6.07) is 8.19. The van der Waals surface area contributed by atoms with Gasteiger partial charge in [-0.25, -0.2) is 0 Å². The first-order chi connectivity index (χ1) is 8.36. The van der Waals surface area contributed by atoms with Crippen molar-refractivity contribution in [2.24, 2.45) is 0 Å². The molecule has 0 unspecified atom stereocenters. The van der Waals surface area contributed by atoms with Crippen LogP contribution in [0, 0.1) is 0 Å². The molecule has 4 nitrogen and oxygen atoms in total. The minimum Gasteiger partial charge on any atom is -0.369 e. The van der Waals surface area contributed by atoms with Gasteiger partial charge < -0.3 is 15.2 Å². The number of piperazine rings is 1. The number of hydrogen-bond acceptors (Lipinski definition) is 3. The van der Waals surface area contributed by atoms with Crippen LogP contribution in [-0.4, -0.2) is 37.4 Å². The second-order valence-corrected chi connectivity index (χ2v) is 4.35. The van der Waals surface area contributed by atoms with Gasteiger partial charge in [0.25, 0.3) is 0 Å². The maximum absolute atomic E-state index is 10.7. The first-order valence-electron chi connectivity index (χ1n) is 5.90. The van der Waals surface area contributed by atoms with E-state index in [-0.39, 0.29) is 0 Å². The van der Waals surface area contributed by atoms with Crippen molar-refractivity contribution in [3.8, 4) is 0 Å². The third-order valence-corrected chi connectivity index (χ3v) is 3.23. The van der Waals surface area contributed by atoms with Crippen LogP contribution in [0.5, 0.6) is 0 Å². The zero-order valence-electron chi connectivity index (χ0n) is 9.57. The standard InChI is InChI=1S/C13H15N3O/c17-9-11-7-10-8-12(1-2-13(10)15-11)16-5-3-14-4-6-16/h1-2,7-9,14-15H,3-6H2. The van der Waals surface area contributed by atoms with Crippen molar-refractivity contribution in [1.29, 1.82) is 0 Å². The van der Waals surface area contributed by atoms with Crippen LogP contribution < -0.4 is 10.2 Å². The summed E-state index contributed by atoms with van der Waals surface area (Å²) in [5, 5.41) is 4.44. The number of aldehydes is 1. The maximum atomic E-state index is 10.7. The van der Waals surface area contributed by atoms with Gasteiger partial charge >= 0.3 is 0 Å². The summed E-state index contributed by atoms with van der Waals surface area (Å²) in [5.74, 6) is 0. The molecule has 1 aromatic carbocycles. The quantitative estimate of drug-likeness (QED) is 0.765. The average Bonchev–Trinajstić information content (AvgIpc) is 2.81. The number of aromatic amines is 1. The number of hydrogen-bond donors (Lipinski definition) is 2. The van der Waals surface area contributed by atoms with E-state index < -0.39 is 0 Å². The molecule has 2 N–H and O–H groups in total. The number of nitrogens with zero attached hydrogens (tertiary/aromatic N) is 1. The number of fused-ring (bicyclic) bond motifs is 1. The third kappa shape index (κ3) is 1.91. The van der Waals surface area contributed by atoms with Gasteiger partial charge in [-0.15, -0.1) is 0 Å². The van der Waals surface area contributed by atoms with Crippen LogP contribution in [0.3, 0.4) is 0 Å². The van der Waals surface area contributed by atoms with E-state index in [1.807, 2.05) is 12.1 Å². The summed E-state index contributed by atoms with van der Waals surface area (Å²) in [4.78, 5) is 16.2. The van der Waals surface area contributed by atoms with Crippen LogP contribution >= 0.6 is 0 Å². The molecule has 2 aromatic rings. The number of rotatable bonds is 2. The highest BCUT2D eigenvalue weighted by molar-refractivity contribution is 5.89. The van der Waals surface area contributed by atoms with Crippen LogP contribution in [0.2, 0.25) is 0 Å². The third-order valence-electron chi connectivity index (χ3n) is 3.23. The molecular formula is C13H15N3O. The first-order valence-corrected chi connectivity index (χ1v) is 5.90. The van der Waals surface area contributed by atoms with E-state index in [4.69, 9.17) is 0 Å². The number of aromatic nitrogens is 1. The summed E-state index contributed by atoms with van der Waals surface area (Å²) in [7, 11) is 0. The zero-order valence-corrected chi connectivity index (χ0v) is 9.57. The summed E-state index contributed by atoms with van der Waals surface area (Å²) in [5.41, 5.74) is 2.89. The molecule has 1 saturated heterocycles.